The molecule has 0 aromatic carbocycles. The molecule has 0 bridgehead atoms. The second-order valence-electron chi connectivity index (χ2n) is 1.78. The first-order valence-corrected chi connectivity index (χ1v) is 2.83. The quantitative estimate of drug-likeness (QED) is 0.598. The van der Waals surface area contributed by atoms with Crippen molar-refractivity contribution in [2.45, 2.75) is 0 Å². The molecule has 0 aliphatic heterocycles. The Morgan fingerprint density at radius 2 is 2.50 bits per heavy atom. The molecule has 0 saturated carbocycles. The molecule has 0 atom stereocenters. The van der Waals surface area contributed by atoms with Gasteiger partial charge in [-0.3, -0.25) is 0 Å². The fourth-order valence-electron chi connectivity index (χ4n) is 0.723. The van der Waals surface area contributed by atoms with Crippen LogP contribution in [0.3, 0.4) is 0 Å². The molecule has 0 saturated heterocycles. The number of nitrogens with one attached hydrogen (secondary N) is 1. The summed E-state index contributed by atoms with van der Waals surface area (Å²) in [6, 6.07) is 3.74. The second-order valence-corrected chi connectivity index (χ2v) is 1.78. The molecule has 2 heterocycles. The number of rotatable bonds is 1. The minimum atomic E-state index is 0.817. The summed E-state index contributed by atoms with van der Waals surface area (Å²) in [4.78, 5) is 4.35. The highest BCUT2D eigenvalue weighted by Crippen LogP contribution is 1.96. The van der Waals surface area contributed by atoms with E-state index in [-0.39, 0.29) is 0 Å². The van der Waals surface area contributed by atoms with Gasteiger partial charge in [-0.05, 0) is 17.3 Å². The first-order valence-electron chi connectivity index (χ1n) is 2.83. The molecule has 0 amide bonds. The SMILES string of the molecule is c1c[nH]c(-n2ncnn2)c1. The third-order valence-electron chi connectivity index (χ3n) is 1.15. The summed E-state index contributed by atoms with van der Waals surface area (Å²) in [5.41, 5.74) is 0. The summed E-state index contributed by atoms with van der Waals surface area (Å²) in [7, 11) is 0. The maximum Gasteiger partial charge on any atom is 0.162 e. The van der Waals surface area contributed by atoms with Crippen LogP contribution in [0, 0.1) is 0 Å². The van der Waals surface area contributed by atoms with E-state index in [1.807, 2.05) is 12.1 Å². The first kappa shape index (κ1) is 5.16. The summed E-state index contributed by atoms with van der Waals surface area (Å²) < 4.78 is 0. The van der Waals surface area contributed by atoms with Crippen LogP contribution in [0.1, 0.15) is 0 Å². The number of hydrogen-bond donors (Lipinski definition) is 1. The predicted molar refractivity (Wildman–Crippen MR) is 33.5 cm³/mol. The number of hydrogen-bond acceptors (Lipinski definition) is 3. The van der Waals surface area contributed by atoms with Gasteiger partial charge in [-0.2, -0.15) is 0 Å². The van der Waals surface area contributed by atoms with E-state index in [0.717, 1.165) is 5.82 Å². The Kier molecular flexibility index (Phi) is 1.00. The van der Waals surface area contributed by atoms with E-state index in [1.165, 1.54) is 11.1 Å². The van der Waals surface area contributed by atoms with E-state index >= 15 is 0 Å². The van der Waals surface area contributed by atoms with Crippen LogP contribution in [-0.2, 0) is 0 Å². The monoisotopic (exact) mass is 135 g/mol. The van der Waals surface area contributed by atoms with Crippen LogP contribution in [0.5, 0.6) is 0 Å². The van der Waals surface area contributed by atoms with Crippen molar-refractivity contribution in [3.63, 3.8) is 0 Å². The van der Waals surface area contributed by atoms with Crippen molar-refractivity contribution in [3.05, 3.63) is 24.7 Å². The van der Waals surface area contributed by atoms with Crippen LogP contribution in [0.4, 0.5) is 0 Å². The Balaban J connectivity index is 2.48. The van der Waals surface area contributed by atoms with Gasteiger partial charge in [-0.1, -0.05) is 0 Å². The zero-order chi connectivity index (χ0) is 6.81. The summed E-state index contributed by atoms with van der Waals surface area (Å²) in [6.07, 6.45) is 3.19. The predicted octanol–water partition coefficient (Wildman–Crippen LogP) is -0.00960. The van der Waals surface area contributed by atoms with Gasteiger partial charge in [-0.25, -0.2) is 0 Å². The third-order valence-corrected chi connectivity index (χ3v) is 1.15. The van der Waals surface area contributed by atoms with Crippen molar-refractivity contribution in [2.24, 2.45) is 0 Å². The minimum Gasteiger partial charge on any atom is -0.345 e. The van der Waals surface area contributed by atoms with Crippen LogP contribution < -0.4 is 0 Å². The normalized spacial score (nSPS) is 10.0. The highest BCUT2D eigenvalue weighted by Gasteiger charge is 1.94. The third kappa shape index (κ3) is 0.680. The molecule has 0 unspecified atom stereocenters. The number of nitrogens with zero attached hydrogens (tertiary/aromatic N) is 4. The standard InChI is InChI=1S/C5H5N5/c1-2-5(6-3-1)10-8-4-7-9-10/h1-4,6H. The lowest BCUT2D eigenvalue weighted by Crippen LogP contribution is -1.98. The van der Waals surface area contributed by atoms with Crippen molar-refractivity contribution in [3.8, 4) is 5.82 Å². The molecular formula is C5H5N5. The molecule has 0 aliphatic rings. The van der Waals surface area contributed by atoms with Crippen LogP contribution in [0.25, 0.3) is 5.82 Å². The van der Waals surface area contributed by atoms with Gasteiger partial charge in [0.15, 0.2) is 12.1 Å². The van der Waals surface area contributed by atoms with E-state index in [4.69, 9.17) is 0 Å². The van der Waals surface area contributed by atoms with E-state index in [0.29, 0.717) is 0 Å². The smallest absolute Gasteiger partial charge is 0.162 e. The Bertz CT molecular complexity index is 249. The average Bonchev–Trinajstić information content (AvgIpc) is 2.59. The van der Waals surface area contributed by atoms with Gasteiger partial charge in [0.2, 0.25) is 0 Å². The van der Waals surface area contributed by atoms with Crippen LogP contribution in [-0.4, -0.2) is 25.2 Å². The largest absolute Gasteiger partial charge is 0.345 e. The number of H-pyrrole nitrogens is 1. The molecule has 5 nitrogen and oxygen atoms in total. The van der Waals surface area contributed by atoms with Gasteiger partial charge in [0.05, 0.1) is 0 Å². The maximum absolute atomic E-state index is 3.82. The highest BCUT2D eigenvalue weighted by molar-refractivity contribution is 5.17. The Labute approximate surface area is 56.7 Å². The van der Waals surface area contributed by atoms with Gasteiger partial charge in [-0.15, -0.1) is 15.0 Å². The van der Waals surface area contributed by atoms with Gasteiger partial charge in [0, 0.05) is 6.20 Å². The Hall–Kier alpha value is -1.65. The molecule has 2 aromatic heterocycles. The topological polar surface area (TPSA) is 59.4 Å². The number of aromatic amines is 1. The molecule has 0 aliphatic carbocycles. The van der Waals surface area contributed by atoms with Gasteiger partial charge in [0.25, 0.3) is 0 Å². The van der Waals surface area contributed by atoms with Crippen LogP contribution >= 0.6 is 0 Å². The van der Waals surface area contributed by atoms with E-state index in [2.05, 4.69) is 20.4 Å². The number of tetrazole rings is 1. The molecular weight excluding hydrogens is 130 g/mol. The van der Waals surface area contributed by atoms with Crippen LogP contribution in [0.2, 0.25) is 0 Å². The van der Waals surface area contributed by atoms with Crippen molar-refractivity contribution in [2.75, 3.05) is 0 Å². The van der Waals surface area contributed by atoms with E-state index < -0.39 is 0 Å². The molecule has 2 aromatic rings. The van der Waals surface area contributed by atoms with Gasteiger partial charge >= 0.3 is 0 Å². The van der Waals surface area contributed by atoms with E-state index in [9.17, 15) is 0 Å². The van der Waals surface area contributed by atoms with Crippen molar-refractivity contribution >= 4 is 0 Å². The summed E-state index contributed by atoms with van der Waals surface area (Å²) in [6.45, 7) is 0. The lowest BCUT2D eigenvalue weighted by molar-refractivity contribution is 0.704. The number of aromatic nitrogens is 5. The molecule has 2 rings (SSSR count). The molecule has 0 spiro atoms. The molecule has 0 radical (unpaired) electrons. The fourth-order valence-corrected chi connectivity index (χ4v) is 0.723. The first-order chi connectivity index (χ1) is 4.97. The summed E-state index contributed by atoms with van der Waals surface area (Å²) in [5.74, 6) is 0.817. The fraction of sp³-hybridized carbons (Fsp3) is 0. The lowest BCUT2D eigenvalue weighted by Gasteiger charge is -1.88. The summed E-state index contributed by atoms with van der Waals surface area (Å²) in [5, 5.41) is 11.1. The Morgan fingerprint density at radius 1 is 1.50 bits per heavy atom. The summed E-state index contributed by atoms with van der Waals surface area (Å²) >= 11 is 0. The minimum absolute atomic E-state index is 0.817. The molecule has 0 fully saturated rings. The molecule has 5 heteroatoms. The molecule has 10 heavy (non-hydrogen) atoms. The zero-order valence-corrected chi connectivity index (χ0v) is 5.10. The molecule has 50 valence electrons. The zero-order valence-electron chi connectivity index (χ0n) is 5.10. The lowest BCUT2D eigenvalue weighted by atomic mass is 10.6. The van der Waals surface area contributed by atoms with Crippen molar-refractivity contribution in [1.29, 1.82) is 0 Å². The van der Waals surface area contributed by atoms with E-state index in [1.54, 1.807) is 6.20 Å². The Morgan fingerprint density at radius 3 is 3.10 bits per heavy atom. The maximum atomic E-state index is 3.82. The average molecular weight is 135 g/mol. The highest BCUT2D eigenvalue weighted by atomic mass is 15.6. The molecule has 1 N–H and O–H groups in total. The van der Waals surface area contributed by atoms with Gasteiger partial charge in [0.1, 0.15) is 0 Å². The van der Waals surface area contributed by atoms with Gasteiger partial charge < -0.3 is 4.98 Å². The van der Waals surface area contributed by atoms with Crippen molar-refractivity contribution < 1.29 is 0 Å². The second kappa shape index (κ2) is 1.94. The van der Waals surface area contributed by atoms with Crippen molar-refractivity contribution in [1.82, 2.24) is 25.2 Å². The van der Waals surface area contributed by atoms with Crippen LogP contribution in [0.15, 0.2) is 24.7 Å².